The molecule has 24 heavy (non-hydrogen) atoms. The van der Waals surface area contributed by atoms with E-state index < -0.39 is 0 Å². The van der Waals surface area contributed by atoms with Gasteiger partial charge in [0.25, 0.3) is 0 Å². The Bertz CT molecular complexity index is 635. The first kappa shape index (κ1) is 16.7. The number of carbonyl (C=O) groups is 2. The molecule has 2 aliphatic rings. The molecule has 2 amide bonds. The minimum atomic E-state index is -0.0511. The second kappa shape index (κ2) is 7.64. The fourth-order valence-corrected chi connectivity index (χ4v) is 3.67. The second-order valence-electron chi connectivity index (χ2n) is 6.72. The van der Waals surface area contributed by atoms with E-state index in [1.54, 1.807) is 17.0 Å². The van der Waals surface area contributed by atoms with Crippen molar-refractivity contribution in [3.05, 3.63) is 34.7 Å². The average Bonchev–Trinajstić information content (AvgIpc) is 3.00. The zero-order chi connectivity index (χ0) is 16.9. The summed E-state index contributed by atoms with van der Waals surface area (Å²) >= 11 is 0. The van der Waals surface area contributed by atoms with E-state index in [-0.39, 0.29) is 29.8 Å². The van der Waals surface area contributed by atoms with Gasteiger partial charge in [-0.15, -0.1) is 0 Å². The van der Waals surface area contributed by atoms with Gasteiger partial charge in [-0.05, 0) is 32.1 Å². The Labute approximate surface area is 142 Å². The largest absolute Gasteiger partial charge is 0.345 e. The molecule has 2 aliphatic heterocycles. The summed E-state index contributed by atoms with van der Waals surface area (Å²) in [6.07, 6.45) is 8.98. The Morgan fingerprint density at radius 3 is 2.58 bits per heavy atom. The van der Waals surface area contributed by atoms with Crippen LogP contribution in [0.15, 0.2) is 29.3 Å². The Hall–Kier alpha value is -2.11. The molecule has 0 radical (unpaired) electrons. The van der Waals surface area contributed by atoms with Crippen molar-refractivity contribution in [3.8, 4) is 0 Å². The number of piperidine rings is 1. The molecular formula is C18H25N3O3. The Kier molecular flexibility index (Phi) is 5.33. The number of likely N-dealkylation sites (tertiary alicyclic amines) is 2. The molecule has 0 bridgehead atoms. The van der Waals surface area contributed by atoms with E-state index >= 15 is 0 Å². The SMILES string of the molecule is O=C1CCCN1CCC1CCCCN1C(=O)Cn1ccc(=O)cc1. The van der Waals surface area contributed by atoms with Gasteiger partial charge in [-0.25, -0.2) is 0 Å². The fourth-order valence-electron chi connectivity index (χ4n) is 3.67. The molecule has 0 spiro atoms. The van der Waals surface area contributed by atoms with E-state index in [1.165, 1.54) is 12.1 Å². The maximum atomic E-state index is 12.7. The number of aromatic nitrogens is 1. The lowest BCUT2D eigenvalue weighted by Crippen LogP contribution is -2.46. The topological polar surface area (TPSA) is 62.6 Å². The number of rotatable bonds is 5. The molecule has 3 heterocycles. The van der Waals surface area contributed by atoms with Crippen LogP contribution in [0.5, 0.6) is 0 Å². The molecule has 0 aliphatic carbocycles. The number of pyridine rings is 1. The third-order valence-electron chi connectivity index (χ3n) is 5.03. The Morgan fingerprint density at radius 1 is 1.08 bits per heavy atom. The molecule has 3 rings (SSSR count). The molecular weight excluding hydrogens is 306 g/mol. The monoisotopic (exact) mass is 331 g/mol. The van der Waals surface area contributed by atoms with Crippen LogP contribution in [-0.4, -0.2) is 51.9 Å². The average molecular weight is 331 g/mol. The summed E-state index contributed by atoms with van der Waals surface area (Å²) in [5.41, 5.74) is -0.0511. The highest BCUT2D eigenvalue weighted by molar-refractivity contribution is 5.78. The second-order valence-corrected chi connectivity index (χ2v) is 6.72. The van der Waals surface area contributed by atoms with Crippen LogP contribution < -0.4 is 5.43 Å². The predicted octanol–water partition coefficient (Wildman–Crippen LogP) is 1.24. The van der Waals surface area contributed by atoms with Gasteiger partial charge >= 0.3 is 0 Å². The molecule has 1 unspecified atom stereocenters. The van der Waals surface area contributed by atoms with Crippen LogP contribution in [0.1, 0.15) is 38.5 Å². The van der Waals surface area contributed by atoms with Crippen molar-refractivity contribution in [2.24, 2.45) is 0 Å². The first-order chi connectivity index (χ1) is 11.6. The van der Waals surface area contributed by atoms with E-state index in [1.807, 2.05) is 9.80 Å². The molecule has 6 heteroatoms. The van der Waals surface area contributed by atoms with Gasteiger partial charge in [0, 0.05) is 56.6 Å². The standard InChI is InChI=1S/C18H25N3O3/c22-16-7-11-19(12-8-16)14-18(24)21-10-2-1-4-15(21)6-13-20-9-3-5-17(20)23/h7-8,11-12,15H,1-6,9-10,13-14H2. The summed E-state index contributed by atoms with van der Waals surface area (Å²) in [6, 6.07) is 3.17. The van der Waals surface area contributed by atoms with Gasteiger partial charge in [0.05, 0.1) is 0 Å². The first-order valence-corrected chi connectivity index (χ1v) is 8.87. The Balaban J connectivity index is 1.58. The lowest BCUT2D eigenvalue weighted by atomic mass is 9.99. The molecule has 6 nitrogen and oxygen atoms in total. The zero-order valence-corrected chi connectivity index (χ0v) is 14.0. The van der Waals surface area contributed by atoms with Gasteiger partial charge in [0.2, 0.25) is 11.8 Å². The summed E-state index contributed by atoms with van der Waals surface area (Å²) in [6.45, 7) is 2.67. The van der Waals surface area contributed by atoms with Gasteiger partial charge in [0.1, 0.15) is 6.54 Å². The Morgan fingerprint density at radius 2 is 1.88 bits per heavy atom. The lowest BCUT2D eigenvalue weighted by Gasteiger charge is -2.37. The molecule has 1 aromatic heterocycles. The summed E-state index contributed by atoms with van der Waals surface area (Å²) in [4.78, 5) is 39.5. The number of hydrogen-bond donors (Lipinski definition) is 0. The first-order valence-electron chi connectivity index (χ1n) is 8.87. The van der Waals surface area contributed by atoms with E-state index in [9.17, 15) is 14.4 Å². The van der Waals surface area contributed by atoms with Crippen molar-refractivity contribution < 1.29 is 9.59 Å². The highest BCUT2D eigenvalue weighted by Crippen LogP contribution is 2.21. The van der Waals surface area contributed by atoms with Crippen LogP contribution in [0.4, 0.5) is 0 Å². The fraction of sp³-hybridized carbons (Fsp3) is 0.611. The van der Waals surface area contributed by atoms with Crippen molar-refractivity contribution in [2.45, 2.75) is 51.1 Å². The normalized spacial score (nSPS) is 21.3. The highest BCUT2D eigenvalue weighted by Gasteiger charge is 2.28. The van der Waals surface area contributed by atoms with Crippen LogP contribution in [0, 0.1) is 0 Å². The number of hydrogen-bond acceptors (Lipinski definition) is 3. The van der Waals surface area contributed by atoms with E-state index in [2.05, 4.69) is 0 Å². The molecule has 2 fully saturated rings. The molecule has 0 aromatic carbocycles. The van der Waals surface area contributed by atoms with Gasteiger partial charge in [-0.2, -0.15) is 0 Å². The summed E-state index contributed by atoms with van der Waals surface area (Å²) in [5.74, 6) is 0.341. The van der Waals surface area contributed by atoms with Gasteiger partial charge in [0.15, 0.2) is 5.43 Å². The molecule has 2 saturated heterocycles. The van der Waals surface area contributed by atoms with Crippen LogP contribution >= 0.6 is 0 Å². The summed E-state index contributed by atoms with van der Waals surface area (Å²) in [7, 11) is 0. The van der Waals surface area contributed by atoms with E-state index in [0.717, 1.165) is 51.7 Å². The van der Waals surface area contributed by atoms with Crippen molar-refractivity contribution >= 4 is 11.8 Å². The van der Waals surface area contributed by atoms with Crippen molar-refractivity contribution in [2.75, 3.05) is 19.6 Å². The predicted molar refractivity (Wildman–Crippen MR) is 90.5 cm³/mol. The number of amides is 2. The van der Waals surface area contributed by atoms with Gasteiger partial charge < -0.3 is 14.4 Å². The van der Waals surface area contributed by atoms with Gasteiger partial charge in [-0.1, -0.05) is 0 Å². The summed E-state index contributed by atoms with van der Waals surface area (Å²) < 4.78 is 1.75. The molecule has 0 N–H and O–H groups in total. The number of nitrogens with zero attached hydrogens (tertiary/aromatic N) is 3. The quantitative estimate of drug-likeness (QED) is 0.815. The lowest BCUT2D eigenvalue weighted by molar-refractivity contribution is -0.135. The third kappa shape index (κ3) is 4.04. The zero-order valence-electron chi connectivity index (χ0n) is 14.0. The molecule has 1 aromatic rings. The van der Waals surface area contributed by atoms with E-state index in [4.69, 9.17) is 0 Å². The van der Waals surface area contributed by atoms with Crippen molar-refractivity contribution in [1.82, 2.24) is 14.4 Å². The minimum Gasteiger partial charge on any atom is -0.345 e. The van der Waals surface area contributed by atoms with Crippen molar-refractivity contribution in [3.63, 3.8) is 0 Å². The third-order valence-corrected chi connectivity index (χ3v) is 5.03. The van der Waals surface area contributed by atoms with Crippen LogP contribution in [0.3, 0.4) is 0 Å². The molecule has 130 valence electrons. The summed E-state index contributed by atoms with van der Waals surface area (Å²) in [5, 5.41) is 0. The van der Waals surface area contributed by atoms with Crippen LogP contribution in [0.25, 0.3) is 0 Å². The van der Waals surface area contributed by atoms with Crippen molar-refractivity contribution in [1.29, 1.82) is 0 Å². The van der Waals surface area contributed by atoms with Crippen LogP contribution in [-0.2, 0) is 16.1 Å². The van der Waals surface area contributed by atoms with Gasteiger partial charge in [-0.3, -0.25) is 14.4 Å². The minimum absolute atomic E-state index is 0.0511. The number of carbonyl (C=O) groups excluding carboxylic acids is 2. The molecule has 1 atom stereocenters. The smallest absolute Gasteiger partial charge is 0.242 e. The van der Waals surface area contributed by atoms with Crippen LogP contribution in [0.2, 0.25) is 0 Å². The molecule has 0 saturated carbocycles. The highest BCUT2D eigenvalue weighted by atomic mass is 16.2. The maximum Gasteiger partial charge on any atom is 0.242 e. The maximum absolute atomic E-state index is 12.7. The van der Waals surface area contributed by atoms with E-state index in [0.29, 0.717) is 6.42 Å².